The van der Waals surface area contributed by atoms with Gasteiger partial charge < -0.3 is 0 Å². The molecule has 0 unspecified atom stereocenters. The molecule has 1 rings (SSSR count). The van der Waals surface area contributed by atoms with E-state index in [0.717, 1.165) is 10.8 Å². The van der Waals surface area contributed by atoms with Gasteiger partial charge >= 0.3 is 5.69 Å². The second-order valence-corrected chi connectivity index (χ2v) is 8.76. The predicted molar refractivity (Wildman–Crippen MR) is 79.3 cm³/mol. The second-order valence-electron chi connectivity index (χ2n) is 5.74. The standard InChI is InChI=1S/C12H19ClN2O4S/c1-7(2)8-9(13)14-11(17)15(10(8)16)6-12(3,4)20(5,18)19/h7H,6H2,1-5H3,(H,14,17). The molecule has 0 spiro atoms. The maximum atomic E-state index is 12.3. The number of halogens is 1. The molecular weight excluding hydrogens is 304 g/mol. The number of sulfone groups is 1. The van der Waals surface area contributed by atoms with E-state index in [-0.39, 0.29) is 23.2 Å². The van der Waals surface area contributed by atoms with E-state index in [1.165, 1.54) is 13.8 Å². The molecule has 0 bridgehead atoms. The van der Waals surface area contributed by atoms with Crippen LogP contribution in [-0.2, 0) is 16.4 Å². The maximum absolute atomic E-state index is 12.3. The van der Waals surface area contributed by atoms with Gasteiger partial charge in [-0.15, -0.1) is 0 Å². The number of hydrogen-bond donors (Lipinski definition) is 1. The Balaban J connectivity index is 3.53. The summed E-state index contributed by atoms with van der Waals surface area (Å²) < 4.78 is 23.1. The lowest BCUT2D eigenvalue weighted by molar-refractivity contribution is 0.480. The minimum atomic E-state index is -3.42. The van der Waals surface area contributed by atoms with E-state index in [1.54, 1.807) is 13.8 Å². The molecule has 0 aliphatic rings. The largest absolute Gasteiger partial charge is 0.329 e. The minimum absolute atomic E-state index is 0.00316. The van der Waals surface area contributed by atoms with Gasteiger partial charge in [-0.05, 0) is 19.8 Å². The first-order valence-corrected chi connectivity index (χ1v) is 8.37. The number of aromatic amines is 1. The lowest BCUT2D eigenvalue weighted by Gasteiger charge is -2.23. The molecule has 0 aromatic carbocycles. The fourth-order valence-electron chi connectivity index (χ4n) is 1.70. The molecule has 1 aromatic heterocycles. The molecule has 1 heterocycles. The van der Waals surface area contributed by atoms with Gasteiger partial charge in [-0.2, -0.15) is 0 Å². The van der Waals surface area contributed by atoms with Crippen molar-refractivity contribution in [3.8, 4) is 0 Å². The van der Waals surface area contributed by atoms with Gasteiger partial charge in [0.1, 0.15) is 5.15 Å². The van der Waals surface area contributed by atoms with Crippen LogP contribution in [0.3, 0.4) is 0 Å². The van der Waals surface area contributed by atoms with Crippen molar-refractivity contribution in [2.24, 2.45) is 0 Å². The summed E-state index contributed by atoms with van der Waals surface area (Å²) in [7, 11) is -3.42. The van der Waals surface area contributed by atoms with Gasteiger partial charge in [0.15, 0.2) is 9.84 Å². The molecule has 0 saturated heterocycles. The highest BCUT2D eigenvalue weighted by atomic mass is 35.5. The molecule has 1 aromatic rings. The molecule has 0 fully saturated rings. The molecule has 1 N–H and O–H groups in total. The molecule has 0 amide bonds. The summed E-state index contributed by atoms with van der Waals surface area (Å²) in [5, 5.41) is 0.00316. The Hall–Kier alpha value is -1.08. The fourth-order valence-corrected chi connectivity index (χ4v) is 2.45. The van der Waals surface area contributed by atoms with Crippen LogP contribution in [0.25, 0.3) is 0 Å². The van der Waals surface area contributed by atoms with Crippen molar-refractivity contribution in [1.29, 1.82) is 0 Å². The zero-order valence-corrected chi connectivity index (χ0v) is 13.7. The van der Waals surface area contributed by atoms with Crippen molar-refractivity contribution < 1.29 is 8.42 Å². The molecule has 20 heavy (non-hydrogen) atoms. The number of H-pyrrole nitrogens is 1. The van der Waals surface area contributed by atoms with E-state index in [4.69, 9.17) is 11.6 Å². The lowest BCUT2D eigenvalue weighted by atomic mass is 10.1. The Kier molecular flexibility index (Phi) is 4.55. The normalized spacial score (nSPS) is 12.9. The van der Waals surface area contributed by atoms with Crippen LogP contribution in [0.15, 0.2) is 9.59 Å². The minimum Gasteiger partial charge on any atom is -0.297 e. The van der Waals surface area contributed by atoms with Gasteiger partial charge in [0, 0.05) is 12.8 Å². The lowest BCUT2D eigenvalue weighted by Crippen LogP contribution is -2.46. The fraction of sp³-hybridized carbons (Fsp3) is 0.667. The summed E-state index contributed by atoms with van der Waals surface area (Å²) in [6, 6.07) is 0. The third-order valence-electron chi connectivity index (χ3n) is 3.29. The molecule has 0 saturated carbocycles. The topological polar surface area (TPSA) is 89.0 Å². The van der Waals surface area contributed by atoms with Crippen molar-refractivity contribution in [2.45, 2.75) is 44.9 Å². The number of hydrogen-bond acceptors (Lipinski definition) is 4. The van der Waals surface area contributed by atoms with Gasteiger partial charge in [0.25, 0.3) is 5.56 Å². The van der Waals surface area contributed by atoms with Crippen molar-refractivity contribution in [1.82, 2.24) is 9.55 Å². The Labute approximate surface area is 122 Å². The van der Waals surface area contributed by atoms with Crippen LogP contribution in [0.5, 0.6) is 0 Å². The van der Waals surface area contributed by atoms with Crippen molar-refractivity contribution in [3.63, 3.8) is 0 Å². The Morgan fingerprint density at radius 2 is 1.80 bits per heavy atom. The van der Waals surface area contributed by atoms with E-state index in [0.29, 0.717) is 0 Å². The maximum Gasteiger partial charge on any atom is 0.329 e. The summed E-state index contributed by atoms with van der Waals surface area (Å²) in [6.45, 7) is 6.26. The summed E-state index contributed by atoms with van der Waals surface area (Å²) >= 11 is 5.88. The van der Waals surface area contributed by atoms with Gasteiger partial charge in [0.05, 0.1) is 10.3 Å². The zero-order valence-electron chi connectivity index (χ0n) is 12.2. The summed E-state index contributed by atoms with van der Waals surface area (Å²) in [5.74, 6) is -0.181. The second kappa shape index (κ2) is 5.37. The molecular formula is C12H19ClN2O4S. The first kappa shape index (κ1) is 17.0. The smallest absolute Gasteiger partial charge is 0.297 e. The van der Waals surface area contributed by atoms with Gasteiger partial charge in [-0.1, -0.05) is 25.4 Å². The number of nitrogens with one attached hydrogen (secondary N) is 1. The van der Waals surface area contributed by atoms with E-state index < -0.39 is 25.8 Å². The molecule has 0 radical (unpaired) electrons. The third-order valence-corrected chi connectivity index (χ3v) is 5.73. The number of aromatic nitrogens is 2. The average molecular weight is 323 g/mol. The van der Waals surface area contributed by atoms with Crippen LogP contribution >= 0.6 is 11.6 Å². The van der Waals surface area contributed by atoms with E-state index in [9.17, 15) is 18.0 Å². The van der Waals surface area contributed by atoms with E-state index in [2.05, 4.69) is 4.98 Å². The molecule has 6 nitrogen and oxygen atoms in total. The van der Waals surface area contributed by atoms with Gasteiger partial charge in [-0.25, -0.2) is 13.2 Å². The van der Waals surface area contributed by atoms with Crippen LogP contribution in [0.2, 0.25) is 5.15 Å². The SMILES string of the molecule is CC(C)c1c(Cl)[nH]c(=O)n(CC(C)(C)S(C)(=O)=O)c1=O. The van der Waals surface area contributed by atoms with Crippen LogP contribution < -0.4 is 11.2 Å². The van der Waals surface area contributed by atoms with E-state index in [1.807, 2.05) is 0 Å². The van der Waals surface area contributed by atoms with Crippen LogP contribution in [0.4, 0.5) is 0 Å². The first-order chi connectivity index (χ1) is 8.88. The highest BCUT2D eigenvalue weighted by Gasteiger charge is 2.32. The Bertz CT molecular complexity index is 729. The zero-order chi connectivity index (χ0) is 15.9. The Morgan fingerprint density at radius 3 is 2.20 bits per heavy atom. The van der Waals surface area contributed by atoms with Crippen LogP contribution in [-0.4, -0.2) is 29.0 Å². The highest BCUT2D eigenvalue weighted by Crippen LogP contribution is 2.19. The van der Waals surface area contributed by atoms with Gasteiger partial charge in [-0.3, -0.25) is 14.3 Å². The molecule has 114 valence electrons. The average Bonchev–Trinajstić information content (AvgIpc) is 2.21. The van der Waals surface area contributed by atoms with Crippen molar-refractivity contribution in [3.05, 3.63) is 31.6 Å². The van der Waals surface area contributed by atoms with Gasteiger partial charge in [0.2, 0.25) is 0 Å². The molecule has 0 aliphatic carbocycles. The molecule has 8 heteroatoms. The summed E-state index contributed by atoms with van der Waals surface area (Å²) in [4.78, 5) is 26.6. The predicted octanol–water partition coefficient (Wildman–Crippen LogP) is 1.14. The van der Waals surface area contributed by atoms with Crippen molar-refractivity contribution in [2.75, 3.05) is 6.26 Å². The van der Waals surface area contributed by atoms with Crippen molar-refractivity contribution >= 4 is 21.4 Å². The first-order valence-electron chi connectivity index (χ1n) is 6.10. The Morgan fingerprint density at radius 1 is 1.30 bits per heavy atom. The monoisotopic (exact) mass is 322 g/mol. The number of nitrogens with zero attached hydrogens (tertiary/aromatic N) is 1. The summed E-state index contributed by atoms with van der Waals surface area (Å²) in [5.41, 5.74) is -0.984. The number of rotatable bonds is 4. The molecule has 0 aliphatic heterocycles. The third kappa shape index (κ3) is 3.15. The van der Waals surface area contributed by atoms with E-state index >= 15 is 0 Å². The quantitative estimate of drug-likeness (QED) is 0.842. The summed E-state index contributed by atoms with van der Waals surface area (Å²) in [6.07, 6.45) is 1.07. The molecule has 0 atom stereocenters. The highest BCUT2D eigenvalue weighted by molar-refractivity contribution is 7.92. The van der Waals surface area contributed by atoms with Crippen LogP contribution in [0.1, 0.15) is 39.2 Å². The van der Waals surface area contributed by atoms with Crippen LogP contribution in [0, 0.1) is 0 Å².